The fraction of sp³-hybridized carbons (Fsp3) is 0.386. The molecule has 13 nitrogen and oxygen atoms in total. The van der Waals surface area contributed by atoms with E-state index in [1.807, 2.05) is 48.5 Å². The van der Waals surface area contributed by atoms with Crippen LogP contribution in [-0.4, -0.2) is 99.6 Å². The Labute approximate surface area is 342 Å². The third-order valence-corrected chi connectivity index (χ3v) is 12.2. The van der Waals surface area contributed by atoms with Crippen molar-refractivity contribution in [1.82, 2.24) is 30.0 Å². The molecule has 14 heteroatoms. The highest BCUT2D eigenvalue weighted by molar-refractivity contribution is 6.30. The number of piperidine rings is 2. The normalized spacial score (nSPS) is 19.6. The predicted octanol–water partition coefficient (Wildman–Crippen LogP) is 5.09. The molecule has 298 valence electrons. The monoisotopic (exact) mass is 800 g/mol. The maximum Gasteiger partial charge on any atom is 0.262 e. The van der Waals surface area contributed by atoms with Gasteiger partial charge in [-0.1, -0.05) is 43.6 Å². The lowest BCUT2D eigenvalue weighted by Crippen LogP contribution is -2.54. The number of nitrogens with one attached hydrogen (secondary N) is 1. The number of carbonyl (C=O) groups is 4. The standard InChI is InChI=1S/C44H45ClN8O5/c1-44(2,31-21-29(25-46)22-32(45)24-31)30-4-6-35(7-5-30)58-27-33-11-14-47-43(48-33)52-19-17-51(18-20-52)34-12-15-50(16-13-34)26-28-3-8-36-37(23-28)42(57)53(41(36)56)38-9-10-39(54)49-40(38)55/h3-8,11,14,21-24,34,38H,9-10,12-13,15-20,26-27H2,1-2H3,(H,49,54,55). The number of aromatic nitrogens is 2. The molecule has 3 fully saturated rings. The quantitative estimate of drug-likeness (QED) is 0.214. The van der Waals surface area contributed by atoms with Crippen LogP contribution in [0.25, 0.3) is 0 Å². The van der Waals surface area contributed by atoms with E-state index in [-0.39, 0.29) is 24.2 Å². The number of amides is 4. The summed E-state index contributed by atoms with van der Waals surface area (Å²) in [4.78, 5) is 68.1. The molecule has 1 atom stereocenters. The van der Waals surface area contributed by atoms with E-state index in [1.165, 1.54) is 0 Å². The number of benzene rings is 3. The van der Waals surface area contributed by atoms with Gasteiger partial charge in [-0.2, -0.15) is 5.26 Å². The van der Waals surface area contributed by atoms with Gasteiger partial charge in [0.25, 0.3) is 11.8 Å². The molecule has 0 bridgehead atoms. The van der Waals surface area contributed by atoms with Crippen molar-refractivity contribution in [2.24, 2.45) is 0 Å². The first-order chi connectivity index (χ1) is 28.0. The van der Waals surface area contributed by atoms with Crippen LogP contribution in [-0.2, 0) is 28.2 Å². The van der Waals surface area contributed by atoms with Crippen molar-refractivity contribution in [3.63, 3.8) is 0 Å². The fourth-order valence-electron chi connectivity index (χ4n) is 8.53. The van der Waals surface area contributed by atoms with E-state index in [1.54, 1.807) is 24.4 Å². The maximum atomic E-state index is 13.3. The van der Waals surface area contributed by atoms with Gasteiger partial charge in [-0.15, -0.1) is 0 Å². The van der Waals surface area contributed by atoms with Crippen molar-refractivity contribution in [3.8, 4) is 11.8 Å². The first kappa shape index (κ1) is 39.2. The summed E-state index contributed by atoms with van der Waals surface area (Å²) < 4.78 is 6.13. The van der Waals surface area contributed by atoms with Crippen molar-refractivity contribution >= 4 is 41.2 Å². The summed E-state index contributed by atoms with van der Waals surface area (Å²) in [7, 11) is 0. The molecule has 0 radical (unpaired) electrons. The molecule has 0 saturated carbocycles. The molecule has 0 aliphatic carbocycles. The molecule has 1 unspecified atom stereocenters. The van der Waals surface area contributed by atoms with Gasteiger partial charge in [-0.25, -0.2) is 9.97 Å². The number of nitrogens with zero attached hydrogens (tertiary/aromatic N) is 7. The van der Waals surface area contributed by atoms with E-state index >= 15 is 0 Å². The number of hydrogen-bond acceptors (Lipinski definition) is 11. The molecule has 4 aliphatic heterocycles. The number of hydrogen-bond donors (Lipinski definition) is 1. The van der Waals surface area contributed by atoms with Crippen LogP contribution in [0.1, 0.15) is 88.2 Å². The molecule has 4 amide bonds. The van der Waals surface area contributed by atoms with Crippen molar-refractivity contribution in [3.05, 3.63) is 117 Å². The van der Waals surface area contributed by atoms with Crippen LogP contribution in [0.2, 0.25) is 5.02 Å². The van der Waals surface area contributed by atoms with Gasteiger partial charge in [0.1, 0.15) is 18.4 Å². The largest absolute Gasteiger partial charge is 0.487 e. The van der Waals surface area contributed by atoms with Gasteiger partial charge in [0.2, 0.25) is 17.8 Å². The van der Waals surface area contributed by atoms with Crippen molar-refractivity contribution in [2.75, 3.05) is 44.2 Å². The lowest BCUT2D eigenvalue weighted by Gasteiger charge is -2.42. The second kappa shape index (κ2) is 16.3. The van der Waals surface area contributed by atoms with Gasteiger partial charge in [0.05, 0.1) is 28.5 Å². The zero-order valence-electron chi connectivity index (χ0n) is 32.6. The van der Waals surface area contributed by atoms with Crippen molar-refractivity contribution in [1.29, 1.82) is 5.26 Å². The topological polar surface area (TPSA) is 152 Å². The van der Waals surface area contributed by atoms with Crippen molar-refractivity contribution in [2.45, 2.75) is 70.2 Å². The number of imide groups is 2. The molecule has 3 aromatic carbocycles. The van der Waals surface area contributed by atoms with E-state index in [0.29, 0.717) is 46.9 Å². The molecule has 0 spiro atoms. The number of ether oxygens (including phenoxy) is 1. The third kappa shape index (κ3) is 8.05. The molecule has 4 aromatic rings. The lowest BCUT2D eigenvalue weighted by atomic mass is 9.78. The molecule has 58 heavy (non-hydrogen) atoms. The van der Waals surface area contributed by atoms with Crippen LogP contribution < -0.4 is 15.0 Å². The summed E-state index contributed by atoms with van der Waals surface area (Å²) in [6, 6.07) is 22.4. The second-order valence-corrected chi connectivity index (χ2v) is 16.4. The lowest BCUT2D eigenvalue weighted by molar-refractivity contribution is -0.136. The smallest absolute Gasteiger partial charge is 0.262 e. The number of carbonyl (C=O) groups excluding carboxylic acids is 4. The Morgan fingerprint density at radius 1 is 0.862 bits per heavy atom. The minimum atomic E-state index is -0.967. The molecule has 3 saturated heterocycles. The Balaban J connectivity index is 0.796. The molecule has 5 heterocycles. The second-order valence-electron chi connectivity index (χ2n) is 16.0. The van der Waals surface area contributed by atoms with Crippen LogP contribution in [0.15, 0.2) is 72.9 Å². The number of fused-ring (bicyclic) bond motifs is 1. The van der Waals surface area contributed by atoms with Gasteiger partial charge >= 0.3 is 0 Å². The Morgan fingerprint density at radius 3 is 2.33 bits per heavy atom. The molecule has 8 rings (SSSR count). The fourth-order valence-corrected chi connectivity index (χ4v) is 8.76. The molecular formula is C44H45ClN8O5. The summed E-state index contributed by atoms with van der Waals surface area (Å²) in [6.45, 7) is 10.6. The summed E-state index contributed by atoms with van der Waals surface area (Å²) in [5.41, 5.74) is 4.61. The van der Waals surface area contributed by atoms with Gasteiger partial charge < -0.3 is 9.64 Å². The summed E-state index contributed by atoms with van der Waals surface area (Å²) >= 11 is 6.30. The van der Waals surface area contributed by atoms with Gasteiger partial charge in [-0.05, 0) is 97.6 Å². The Kier molecular flexibility index (Phi) is 11.0. The maximum absolute atomic E-state index is 13.3. The van der Waals surface area contributed by atoms with Crippen LogP contribution >= 0.6 is 11.6 Å². The Bertz CT molecular complexity index is 2290. The summed E-state index contributed by atoms with van der Waals surface area (Å²) in [5.74, 6) is -0.510. The highest BCUT2D eigenvalue weighted by Gasteiger charge is 2.44. The molecular weight excluding hydrogens is 756 g/mol. The number of piperazine rings is 1. The number of halogens is 1. The van der Waals surface area contributed by atoms with E-state index < -0.39 is 23.8 Å². The number of rotatable bonds is 10. The van der Waals surface area contributed by atoms with Gasteiger partial charge in [-0.3, -0.25) is 39.2 Å². The van der Waals surface area contributed by atoms with E-state index in [4.69, 9.17) is 21.3 Å². The minimum Gasteiger partial charge on any atom is -0.487 e. The van der Waals surface area contributed by atoms with E-state index in [2.05, 4.69) is 44.9 Å². The van der Waals surface area contributed by atoms with Crippen LogP contribution in [0.4, 0.5) is 5.95 Å². The highest BCUT2D eigenvalue weighted by Crippen LogP contribution is 2.35. The Hall–Kier alpha value is -5.68. The SMILES string of the molecule is CC(C)(c1ccc(OCc2ccnc(N3CCN(C4CCN(Cc5ccc6c(c5)C(=O)N(C5CCC(=O)NC5=O)C6=O)CC4)CC3)n2)cc1)c1cc(Cl)cc(C#N)c1. The van der Waals surface area contributed by atoms with Crippen LogP contribution in [0.3, 0.4) is 0 Å². The van der Waals surface area contributed by atoms with Crippen LogP contribution in [0.5, 0.6) is 5.75 Å². The van der Waals surface area contributed by atoms with E-state index in [9.17, 15) is 24.4 Å². The van der Waals surface area contributed by atoms with Gasteiger partial charge in [0, 0.05) is 61.8 Å². The summed E-state index contributed by atoms with van der Waals surface area (Å²) in [6.07, 6.45) is 4.10. The van der Waals surface area contributed by atoms with Gasteiger partial charge in [0.15, 0.2) is 0 Å². The third-order valence-electron chi connectivity index (χ3n) is 12.0. The molecule has 1 N–H and O–H groups in total. The first-order valence-corrected chi connectivity index (χ1v) is 20.2. The minimum absolute atomic E-state index is 0.0947. The predicted molar refractivity (Wildman–Crippen MR) is 216 cm³/mol. The zero-order chi connectivity index (χ0) is 40.6. The average Bonchev–Trinajstić information content (AvgIpc) is 3.48. The molecule has 1 aromatic heterocycles. The highest BCUT2D eigenvalue weighted by atomic mass is 35.5. The van der Waals surface area contributed by atoms with E-state index in [0.717, 1.165) is 85.1 Å². The van der Waals surface area contributed by atoms with Crippen LogP contribution in [0, 0.1) is 11.3 Å². The average molecular weight is 801 g/mol. The number of anilines is 1. The Morgan fingerprint density at radius 2 is 1.60 bits per heavy atom. The summed E-state index contributed by atoms with van der Waals surface area (Å²) in [5, 5.41) is 12.2. The number of likely N-dealkylation sites (tertiary alicyclic amines) is 1. The molecule has 4 aliphatic rings. The number of nitriles is 1. The first-order valence-electron chi connectivity index (χ1n) is 19.8. The zero-order valence-corrected chi connectivity index (χ0v) is 33.4. The van der Waals surface area contributed by atoms with Crippen molar-refractivity contribution < 1.29 is 23.9 Å².